The molecule has 6 nitrogen and oxygen atoms in total. The zero-order valence-electron chi connectivity index (χ0n) is 15.4. The fourth-order valence-electron chi connectivity index (χ4n) is 2.33. The van der Waals surface area contributed by atoms with Gasteiger partial charge < -0.3 is 20.4 Å². The Hall–Kier alpha value is -1.55. The Bertz CT molecular complexity index is 685. The minimum atomic E-state index is -0.172. The lowest BCUT2D eigenvalue weighted by molar-refractivity contribution is 0.0925. The van der Waals surface area contributed by atoms with Gasteiger partial charge in [-0.2, -0.15) is 11.3 Å². The third kappa shape index (κ3) is 6.99. The number of carbonyl (C=O) groups excluding carboxylic acids is 1. The topological polar surface area (TPSA) is 78.7 Å². The molecule has 3 N–H and O–H groups in total. The van der Waals surface area contributed by atoms with Gasteiger partial charge in [0.1, 0.15) is 0 Å². The number of aryl methyl sites for hydroxylation is 1. The van der Waals surface area contributed by atoms with E-state index in [1.54, 1.807) is 24.5 Å². The molecule has 0 radical (unpaired) electrons. The molecule has 26 heavy (non-hydrogen) atoms. The Labute approximate surface area is 175 Å². The molecule has 2 rings (SSSR count). The number of rotatable bonds is 8. The summed E-state index contributed by atoms with van der Waals surface area (Å²) in [4.78, 5) is 16.1. The van der Waals surface area contributed by atoms with Crippen molar-refractivity contribution in [3.8, 4) is 0 Å². The summed E-state index contributed by atoms with van der Waals surface area (Å²) in [6, 6.07) is 3.93. The van der Waals surface area contributed by atoms with Gasteiger partial charge in [0.05, 0.1) is 6.26 Å². The van der Waals surface area contributed by atoms with Gasteiger partial charge >= 0.3 is 0 Å². The molecule has 2 aromatic rings. The second kappa shape index (κ2) is 11.9. The molecule has 0 bridgehead atoms. The highest BCUT2D eigenvalue weighted by molar-refractivity contribution is 14.0. The van der Waals surface area contributed by atoms with Crippen LogP contribution >= 0.6 is 35.3 Å². The molecule has 1 atom stereocenters. The molecule has 0 spiro atoms. The molecule has 1 amide bonds. The van der Waals surface area contributed by atoms with Crippen LogP contribution < -0.4 is 16.0 Å². The Kier molecular flexibility index (Phi) is 10.3. The van der Waals surface area contributed by atoms with E-state index in [2.05, 4.69) is 44.7 Å². The number of aliphatic imine (C=N–C) groups is 1. The third-order valence-electron chi connectivity index (χ3n) is 3.91. The van der Waals surface area contributed by atoms with E-state index in [4.69, 9.17) is 4.42 Å². The molecule has 2 aromatic heterocycles. The van der Waals surface area contributed by atoms with Crippen LogP contribution in [0, 0.1) is 6.92 Å². The number of amides is 1. The second-order valence-electron chi connectivity index (χ2n) is 5.88. The average Bonchev–Trinajstić information content (AvgIpc) is 3.28. The first-order valence-corrected chi connectivity index (χ1v) is 9.35. The molecule has 0 aliphatic rings. The van der Waals surface area contributed by atoms with Crippen LogP contribution in [0.5, 0.6) is 0 Å². The van der Waals surface area contributed by atoms with Crippen LogP contribution in [0.4, 0.5) is 0 Å². The summed E-state index contributed by atoms with van der Waals surface area (Å²) < 4.78 is 5.17. The van der Waals surface area contributed by atoms with Crippen molar-refractivity contribution in [1.82, 2.24) is 16.0 Å². The first kappa shape index (κ1) is 22.5. The Morgan fingerprint density at radius 1 is 1.27 bits per heavy atom. The predicted molar refractivity (Wildman–Crippen MR) is 118 cm³/mol. The molecule has 0 aliphatic heterocycles. The fraction of sp³-hybridized carbons (Fsp3) is 0.444. The largest absolute Gasteiger partial charge is 0.459 e. The van der Waals surface area contributed by atoms with Crippen molar-refractivity contribution in [1.29, 1.82) is 0 Å². The van der Waals surface area contributed by atoms with Gasteiger partial charge in [-0.05, 0) is 47.7 Å². The number of hydrogen-bond acceptors (Lipinski definition) is 4. The van der Waals surface area contributed by atoms with E-state index in [-0.39, 0.29) is 29.9 Å². The highest BCUT2D eigenvalue weighted by atomic mass is 127. The Morgan fingerprint density at radius 3 is 2.65 bits per heavy atom. The second-order valence-corrected chi connectivity index (χ2v) is 6.66. The maximum absolute atomic E-state index is 11.9. The lowest BCUT2D eigenvalue weighted by atomic mass is 10.1. The lowest BCUT2D eigenvalue weighted by Gasteiger charge is -2.15. The Balaban J connectivity index is 0.00000338. The minimum Gasteiger partial charge on any atom is -0.459 e. The molecule has 0 aromatic carbocycles. The van der Waals surface area contributed by atoms with Crippen LogP contribution in [-0.2, 0) is 0 Å². The molecule has 1 unspecified atom stereocenters. The quantitative estimate of drug-likeness (QED) is 0.230. The monoisotopic (exact) mass is 490 g/mol. The summed E-state index contributed by atoms with van der Waals surface area (Å²) >= 11 is 1.71. The summed E-state index contributed by atoms with van der Waals surface area (Å²) in [5, 5.41) is 13.7. The molecular weight excluding hydrogens is 463 g/mol. The van der Waals surface area contributed by atoms with Gasteiger partial charge in [-0.15, -0.1) is 24.0 Å². The minimum absolute atomic E-state index is 0. The predicted octanol–water partition coefficient (Wildman–Crippen LogP) is 3.36. The fourth-order valence-corrected chi connectivity index (χ4v) is 3.11. The van der Waals surface area contributed by atoms with E-state index in [1.165, 1.54) is 11.8 Å². The van der Waals surface area contributed by atoms with Crippen molar-refractivity contribution >= 4 is 47.2 Å². The van der Waals surface area contributed by atoms with Crippen LogP contribution in [0.2, 0.25) is 0 Å². The number of nitrogens with zero attached hydrogens (tertiary/aromatic N) is 1. The van der Waals surface area contributed by atoms with Crippen molar-refractivity contribution in [2.75, 3.05) is 26.7 Å². The number of halogens is 1. The van der Waals surface area contributed by atoms with E-state index >= 15 is 0 Å². The van der Waals surface area contributed by atoms with E-state index in [1.807, 2.05) is 6.92 Å². The summed E-state index contributed by atoms with van der Waals surface area (Å²) in [5.74, 6) is 1.42. The number of carbonyl (C=O) groups is 1. The average molecular weight is 490 g/mol. The number of thiophene rings is 1. The standard InChI is InChI=1S/C18H26N4O2S.HI/c1-13-5-9-24-16(13)17(23)20-7-4-8-21-18(19-3)22-11-14(2)15-6-10-25-12-15;/h5-6,9-10,12,14H,4,7-8,11H2,1-3H3,(H,20,23)(H2,19,21,22);1H. The van der Waals surface area contributed by atoms with E-state index < -0.39 is 0 Å². The first-order chi connectivity index (χ1) is 12.1. The maximum Gasteiger partial charge on any atom is 0.287 e. The van der Waals surface area contributed by atoms with Crippen molar-refractivity contribution in [2.45, 2.75) is 26.2 Å². The molecule has 0 saturated heterocycles. The summed E-state index contributed by atoms with van der Waals surface area (Å²) in [6.07, 6.45) is 2.32. The maximum atomic E-state index is 11.9. The van der Waals surface area contributed by atoms with Crippen molar-refractivity contribution < 1.29 is 9.21 Å². The van der Waals surface area contributed by atoms with Gasteiger partial charge in [0.15, 0.2) is 11.7 Å². The molecule has 0 fully saturated rings. The zero-order valence-corrected chi connectivity index (χ0v) is 18.5. The molecule has 144 valence electrons. The number of guanidine groups is 1. The van der Waals surface area contributed by atoms with Gasteiger partial charge in [-0.3, -0.25) is 9.79 Å². The normalized spacial score (nSPS) is 12.2. The molecule has 0 aliphatic carbocycles. The van der Waals surface area contributed by atoms with Crippen LogP contribution in [0.3, 0.4) is 0 Å². The molecule has 8 heteroatoms. The highest BCUT2D eigenvalue weighted by Gasteiger charge is 2.11. The number of nitrogens with one attached hydrogen (secondary N) is 3. The highest BCUT2D eigenvalue weighted by Crippen LogP contribution is 2.16. The van der Waals surface area contributed by atoms with Gasteiger partial charge in [0.2, 0.25) is 0 Å². The Morgan fingerprint density at radius 2 is 2.04 bits per heavy atom. The summed E-state index contributed by atoms with van der Waals surface area (Å²) in [5.41, 5.74) is 2.18. The lowest BCUT2D eigenvalue weighted by Crippen LogP contribution is -2.40. The number of hydrogen-bond donors (Lipinski definition) is 3. The van der Waals surface area contributed by atoms with E-state index in [0.29, 0.717) is 18.2 Å². The van der Waals surface area contributed by atoms with Gasteiger partial charge in [-0.1, -0.05) is 6.92 Å². The van der Waals surface area contributed by atoms with E-state index in [0.717, 1.165) is 31.0 Å². The zero-order chi connectivity index (χ0) is 18.1. The van der Waals surface area contributed by atoms with Crippen molar-refractivity contribution in [3.05, 3.63) is 46.0 Å². The van der Waals surface area contributed by atoms with Crippen LogP contribution in [-0.4, -0.2) is 38.5 Å². The van der Waals surface area contributed by atoms with Crippen LogP contribution in [0.15, 0.2) is 38.6 Å². The van der Waals surface area contributed by atoms with Crippen LogP contribution in [0.1, 0.15) is 40.9 Å². The van der Waals surface area contributed by atoms with Crippen molar-refractivity contribution in [3.63, 3.8) is 0 Å². The SMILES string of the molecule is CN=C(NCCCNC(=O)c1occc1C)NCC(C)c1ccsc1.I. The number of furan rings is 1. The summed E-state index contributed by atoms with van der Waals surface area (Å²) in [7, 11) is 1.76. The van der Waals surface area contributed by atoms with Gasteiger partial charge in [0.25, 0.3) is 5.91 Å². The van der Waals surface area contributed by atoms with Gasteiger partial charge in [0, 0.05) is 32.2 Å². The van der Waals surface area contributed by atoms with Crippen molar-refractivity contribution in [2.24, 2.45) is 4.99 Å². The first-order valence-electron chi connectivity index (χ1n) is 8.40. The molecular formula is C18H27IN4O2S. The van der Waals surface area contributed by atoms with Gasteiger partial charge in [-0.25, -0.2) is 0 Å². The van der Waals surface area contributed by atoms with Crippen LogP contribution in [0.25, 0.3) is 0 Å². The molecule has 0 saturated carbocycles. The van der Waals surface area contributed by atoms with E-state index in [9.17, 15) is 4.79 Å². The summed E-state index contributed by atoms with van der Waals surface area (Å²) in [6.45, 7) is 6.17. The molecule has 2 heterocycles. The smallest absolute Gasteiger partial charge is 0.287 e. The third-order valence-corrected chi connectivity index (χ3v) is 4.61.